The van der Waals surface area contributed by atoms with Crippen LogP contribution in [-0.2, 0) is 4.74 Å². The highest BCUT2D eigenvalue weighted by atomic mass is 19.1. The first kappa shape index (κ1) is 15.6. The molecule has 0 saturated carbocycles. The van der Waals surface area contributed by atoms with Crippen LogP contribution in [0.25, 0.3) is 0 Å². The van der Waals surface area contributed by atoms with E-state index in [1.54, 1.807) is 0 Å². The van der Waals surface area contributed by atoms with Gasteiger partial charge in [-0.2, -0.15) is 0 Å². The molecule has 2 saturated heterocycles. The molecule has 2 fully saturated rings. The van der Waals surface area contributed by atoms with E-state index in [2.05, 4.69) is 22.8 Å². The zero-order valence-electron chi connectivity index (χ0n) is 14.1. The van der Waals surface area contributed by atoms with E-state index in [-0.39, 0.29) is 5.82 Å². The standard InChI is InChI=1S/C19H24FN3O/c1-2-3-16-10-19(23-17-8-9-18(23)12-24-11-17)21-13-22(16)15-6-4-14(20)5-7-15/h4-7,10,17-18H,2-3,8-9,11-13H2,1H3. The largest absolute Gasteiger partial charge is 0.377 e. The van der Waals surface area contributed by atoms with E-state index in [4.69, 9.17) is 9.73 Å². The molecule has 0 spiro atoms. The van der Waals surface area contributed by atoms with Crippen molar-refractivity contribution < 1.29 is 9.13 Å². The fourth-order valence-electron chi connectivity index (χ4n) is 4.00. The predicted molar refractivity (Wildman–Crippen MR) is 93.6 cm³/mol. The Morgan fingerprint density at radius 2 is 1.88 bits per heavy atom. The van der Waals surface area contributed by atoms with Gasteiger partial charge < -0.3 is 14.5 Å². The number of fused-ring (bicyclic) bond motifs is 2. The summed E-state index contributed by atoms with van der Waals surface area (Å²) in [6.07, 6.45) is 6.69. The van der Waals surface area contributed by atoms with Crippen LogP contribution in [0.1, 0.15) is 32.6 Å². The molecule has 0 N–H and O–H groups in total. The maximum atomic E-state index is 13.2. The second-order valence-electron chi connectivity index (χ2n) is 6.78. The summed E-state index contributed by atoms with van der Waals surface area (Å²) in [5.41, 5.74) is 2.27. The molecule has 128 valence electrons. The van der Waals surface area contributed by atoms with Gasteiger partial charge in [-0.15, -0.1) is 0 Å². The number of hydrogen-bond acceptors (Lipinski definition) is 4. The van der Waals surface area contributed by atoms with Gasteiger partial charge in [0, 0.05) is 11.4 Å². The average Bonchev–Trinajstić information content (AvgIpc) is 2.85. The van der Waals surface area contributed by atoms with Gasteiger partial charge in [0.2, 0.25) is 0 Å². The van der Waals surface area contributed by atoms with E-state index in [1.807, 2.05) is 12.1 Å². The van der Waals surface area contributed by atoms with Crippen LogP contribution in [-0.4, -0.2) is 42.7 Å². The number of halogens is 1. The lowest BCUT2D eigenvalue weighted by Gasteiger charge is -2.39. The van der Waals surface area contributed by atoms with Crippen molar-refractivity contribution in [1.29, 1.82) is 0 Å². The Bertz CT molecular complexity index is 639. The molecule has 0 aliphatic carbocycles. The third-order valence-corrected chi connectivity index (χ3v) is 5.17. The number of rotatable bonds is 3. The van der Waals surface area contributed by atoms with Crippen LogP contribution in [0.4, 0.5) is 10.1 Å². The summed E-state index contributed by atoms with van der Waals surface area (Å²) in [5, 5.41) is 0. The van der Waals surface area contributed by atoms with Gasteiger partial charge in [-0.25, -0.2) is 9.38 Å². The third-order valence-electron chi connectivity index (χ3n) is 5.17. The SMILES string of the molecule is CCCC1=CC(N2C3CCC2COC3)=NCN1c1ccc(F)cc1. The molecule has 5 heteroatoms. The maximum absolute atomic E-state index is 13.2. The molecule has 0 aromatic heterocycles. The summed E-state index contributed by atoms with van der Waals surface area (Å²) in [5.74, 6) is 0.901. The molecule has 1 aromatic carbocycles. The van der Waals surface area contributed by atoms with E-state index in [0.717, 1.165) is 37.6 Å². The molecule has 3 aliphatic rings. The fourth-order valence-corrected chi connectivity index (χ4v) is 4.00. The topological polar surface area (TPSA) is 28.1 Å². The van der Waals surface area contributed by atoms with Gasteiger partial charge >= 0.3 is 0 Å². The number of amidine groups is 1. The Hall–Kier alpha value is -1.88. The number of nitrogens with zero attached hydrogens (tertiary/aromatic N) is 3. The van der Waals surface area contributed by atoms with Crippen molar-refractivity contribution in [2.24, 2.45) is 4.99 Å². The summed E-state index contributed by atoms with van der Waals surface area (Å²) < 4.78 is 18.9. The van der Waals surface area contributed by atoms with Gasteiger partial charge in [-0.1, -0.05) is 13.3 Å². The molecule has 0 radical (unpaired) electrons. The predicted octanol–water partition coefficient (Wildman–Crippen LogP) is 3.55. The van der Waals surface area contributed by atoms with Crippen molar-refractivity contribution in [3.05, 3.63) is 41.9 Å². The summed E-state index contributed by atoms with van der Waals surface area (Å²) in [7, 11) is 0. The van der Waals surface area contributed by atoms with Crippen LogP contribution < -0.4 is 4.90 Å². The quantitative estimate of drug-likeness (QED) is 0.849. The first-order valence-electron chi connectivity index (χ1n) is 8.90. The Labute approximate surface area is 142 Å². The smallest absolute Gasteiger partial charge is 0.127 e. The summed E-state index contributed by atoms with van der Waals surface area (Å²) in [6, 6.07) is 7.63. The fraction of sp³-hybridized carbons (Fsp3) is 0.526. The van der Waals surface area contributed by atoms with Crippen molar-refractivity contribution in [3.63, 3.8) is 0 Å². The zero-order valence-corrected chi connectivity index (χ0v) is 14.1. The molecular formula is C19H24FN3O. The minimum absolute atomic E-state index is 0.203. The molecule has 0 amide bonds. The van der Waals surface area contributed by atoms with Gasteiger partial charge in [0.15, 0.2) is 0 Å². The molecule has 3 heterocycles. The lowest BCUT2D eigenvalue weighted by molar-refractivity contribution is 0.0207. The van der Waals surface area contributed by atoms with Crippen molar-refractivity contribution in [3.8, 4) is 0 Å². The highest BCUT2D eigenvalue weighted by Crippen LogP contribution is 2.32. The molecule has 2 unspecified atom stereocenters. The number of benzene rings is 1. The number of aliphatic imine (C=N–C) groups is 1. The van der Waals surface area contributed by atoms with E-state index in [0.29, 0.717) is 18.8 Å². The van der Waals surface area contributed by atoms with Gasteiger partial charge in [-0.3, -0.25) is 0 Å². The number of anilines is 1. The number of hydrogen-bond donors (Lipinski definition) is 0. The molecule has 2 bridgehead atoms. The average molecular weight is 329 g/mol. The third kappa shape index (κ3) is 2.81. The van der Waals surface area contributed by atoms with Crippen LogP contribution >= 0.6 is 0 Å². The van der Waals surface area contributed by atoms with Crippen molar-refractivity contribution in [2.75, 3.05) is 24.8 Å². The van der Waals surface area contributed by atoms with Crippen molar-refractivity contribution >= 4 is 11.5 Å². The summed E-state index contributed by atoms with van der Waals surface area (Å²) >= 11 is 0. The Kier molecular flexibility index (Phi) is 4.27. The lowest BCUT2D eigenvalue weighted by Crippen LogP contribution is -2.50. The molecule has 1 aromatic rings. The van der Waals surface area contributed by atoms with E-state index >= 15 is 0 Å². The normalized spacial score (nSPS) is 26.4. The lowest BCUT2D eigenvalue weighted by atomic mass is 10.1. The summed E-state index contributed by atoms with van der Waals surface area (Å²) in [6.45, 7) is 4.42. The highest BCUT2D eigenvalue weighted by Gasteiger charge is 2.39. The minimum Gasteiger partial charge on any atom is -0.377 e. The maximum Gasteiger partial charge on any atom is 0.127 e. The molecule has 24 heavy (non-hydrogen) atoms. The van der Waals surface area contributed by atoms with E-state index in [1.165, 1.54) is 30.7 Å². The van der Waals surface area contributed by atoms with Gasteiger partial charge in [0.1, 0.15) is 18.3 Å². The first-order chi connectivity index (χ1) is 11.8. The first-order valence-corrected chi connectivity index (χ1v) is 8.90. The van der Waals surface area contributed by atoms with Crippen LogP contribution in [0.3, 0.4) is 0 Å². The zero-order chi connectivity index (χ0) is 16.5. The highest BCUT2D eigenvalue weighted by molar-refractivity contribution is 5.96. The summed E-state index contributed by atoms with van der Waals surface area (Å²) in [4.78, 5) is 9.51. The number of ether oxygens (including phenoxy) is 1. The van der Waals surface area contributed by atoms with Gasteiger partial charge in [0.05, 0.1) is 25.3 Å². The molecule has 3 aliphatic heterocycles. The second kappa shape index (κ2) is 6.55. The van der Waals surface area contributed by atoms with Crippen LogP contribution in [0, 0.1) is 5.82 Å². The van der Waals surface area contributed by atoms with Crippen molar-refractivity contribution in [1.82, 2.24) is 4.90 Å². The monoisotopic (exact) mass is 329 g/mol. The Morgan fingerprint density at radius 3 is 2.54 bits per heavy atom. The van der Waals surface area contributed by atoms with Crippen LogP contribution in [0.2, 0.25) is 0 Å². The van der Waals surface area contributed by atoms with Crippen LogP contribution in [0.5, 0.6) is 0 Å². The minimum atomic E-state index is -0.203. The number of allylic oxidation sites excluding steroid dienone is 1. The van der Waals surface area contributed by atoms with Gasteiger partial charge in [-0.05, 0) is 49.6 Å². The Morgan fingerprint density at radius 1 is 1.17 bits per heavy atom. The van der Waals surface area contributed by atoms with E-state index in [9.17, 15) is 4.39 Å². The Balaban J connectivity index is 1.60. The van der Waals surface area contributed by atoms with Crippen molar-refractivity contribution in [2.45, 2.75) is 44.7 Å². The van der Waals surface area contributed by atoms with Crippen LogP contribution in [0.15, 0.2) is 41.0 Å². The second-order valence-corrected chi connectivity index (χ2v) is 6.78. The van der Waals surface area contributed by atoms with Gasteiger partial charge in [0.25, 0.3) is 0 Å². The molecule has 2 atom stereocenters. The van der Waals surface area contributed by atoms with E-state index < -0.39 is 0 Å². The molecular weight excluding hydrogens is 305 g/mol. The molecule has 4 rings (SSSR count). The number of morpholine rings is 1. The molecule has 4 nitrogen and oxygen atoms in total.